The van der Waals surface area contributed by atoms with Crippen LogP contribution in [0.5, 0.6) is 0 Å². The van der Waals surface area contributed by atoms with Gasteiger partial charge in [-0.25, -0.2) is 13.4 Å². The maximum Gasteiger partial charge on any atom is 0.249 e. The maximum absolute atomic E-state index is 12.6. The van der Waals surface area contributed by atoms with Crippen molar-refractivity contribution < 1.29 is 8.42 Å². The molecule has 1 aliphatic rings. The van der Waals surface area contributed by atoms with Crippen LogP contribution in [-0.4, -0.2) is 56.6 Å². The molecule has 4 heterocycles. The van der Waals surface area contributed by atoms with Crippen LogP contribution in [-0.2, 0) is 17.1 Å². The van der Waals surface area contributed by atoms with E-state index in [1.54, 1.807) is 19.3 Å². The molecule has 1 fully saturated rings. The average Bonchev–Trinajstić information content (AvgIpc) is 3.09. The fourth-order valence-electron chi connectivity index (χ4n) is 3.11. The van der Waals surface area contributed by atoms with Crippen molar-refractivity contribution in [1.82, 2.24) is 29.0 Å². The van der Waals surface area contributed by atoms with E-state index >= 15 is 0 Å². The Morgan fingerprint density at radius 3 is 2.70 bits per heavy atom. The first-order valence-corrected chi connectivity index (χ1v) is 9.97. The highest BCUT2D eigenvalue weighted by molar-refractivity contribution is 7.89. The van der Waals surface area contributed by atoms with Gasteiger partial charge >= 0.3 is 0 Å². The number of pyridine rings is 1. The van der Waals surface area contributed by atoms with Gasteiger partial charge in [0.25, 0.3) is 0 Å². The van der Waals surface area contributed by atoms with Crippen LogP contribution in [0.2, 0.25) is 0 Å². The Labute approximate surface area is 155 Å². The molecular formula is C16H19N7O3S. The lowest BCUT2D eigenvalue weighted by Gasteiger charge is -2.31. The summed E-state index contributed by atoms with van der Waals surface area (Å²) in [4.78, 5) is 22.9. The number of rotatable bonds is 4. The predicted octanol–water partition coefficient (Wildman–Crippen LogP) is 0.317. The first-order chi connectivity index (χ1) is 12.9. The lowest BCUT2D eigenvalue weighted by molar-refractivity contribution is 0.329. The van der Waals surface area contributed by atoms with E-state index in [-0.39, 0.29) is 16.5 Å². The molecule has 3 aromatic heterocycles. The van der Waals surface area contributed by atoms with Gasteiger partial charge in [-0.2, -0.15) is 14.4 Å². The molecule has 0 aromatic carbocycles. The Morgan fingerprint density at radius 2 is 2.00 bits per heavy atom. The number of aryl methyl sites for hydroxylation is 1. The summed E-state index contributed by atoms with van der Waals surface area (Å²) in [6.07, 6.45) is 5.77. The maximum atomic E-state index is 12.6. The summed E-state index contributed by atoms with van der Waals surface area (Å²) < 4.78 is 28.2. The normalized spacial score (nSPS) is 16.6. The smallest absolute Gasteiger partial charge is 0.249 e. The highest BCUT2D eigenvalue weighted by Gasteiger charge is 2.30. The number of nitrogens with one attached hydrogen (secondary N) is 2. The fourth-order valence-corrected chi connectivity index (χ4v) is 4.57. The van der Waals surface area contributed by atoms with E-state index < -0.39 is 10.0 Å². The second-order valence-corrected chi connectivity index (χ2v) is 8.43. The molecule has 0 amide bonds. The van der Waals surface area contributed by atoms with Gasteiger partial charge in [-0.15, -0.1) is 0 Å². The molecule has 1 aliphatic heterocycles. The zero-order chi connectivity index (χ0) is 19.0. The molecule has 0 atom stereocenters. The van der Waals surface area contributed by atoms with Crippen LogP contribution in [0.15, 0.2) is 40.4 Å². The van der Waals surface area contributed by atoms with Crippen LogP contribution in [0.1, 0.15) is 12.8 Å². The van der Waals surface area contributed by atoms with Crippen molar-refractivity contribution in [3.8, 4) is 0 Å². The molecule has 0 spiro atoms. The average molecular weight is 389 g/mol. The number of aromatic nitrogens is 5. The minimum Gasteiger partial charge on any atom is -0.351 e. The zero-order valence-corrected chi connectivity index (χ0v) is 15.5. The summed E-state index contributed by atoms with van der Waals surface area (Å²) in [5, 5.41) is 7.91. The molecule has 11 heteroatoms. The topological polar surface area (TPSA) is 126 Å². The minimum atomic E-state index is -3.52. The first kappa shape index (κ1) is 17.6. The molecule has 1 saturated heterocycles. The largest absolute Gasteiger partial charge is 0.351 e. The monoisotopic (exact) mass is 389 g/mol. The van der Waals surface area contributed by atoms with Gasteiger partial charge in [0.15, 0.2) is 0 Å². The van der Waals surface area contributed by atoms with E-state index in [2.05, 4.69) is 25.4 Å². The van der Waals surface area contributed by atoms with Crippen molar-refractivity contribution >= 4 is 27.0 Å². The zero-order valence-electron chi connectivity index (χ0n) is 14.7. The van der Waals surface area contributed by atoms with Gasteiger partial charge in [0.1, 0.15) is 10.5 Å². The van der Waals surface area contributed by atoms with E-state index in [1.165, 1.54) is 27.4 Å². The molecule has 27 heavy (non-hydrogen) atoms. The number of sulfonamides is 1. The molecule has 0 aliphatic carbocycles. The summed E-state index contributed by atoms with van der Waals surface area (Å²) in [7, 11) is -1.83. The van der Waals surface area contributed by atoms with E-state index in [0.717, 1.165) is 5.39 Å². The fraction of sp³-hybridized carbons (Fsp3) is 0.375. The summed E-state index contributed by atoms with van der Waals surface area (Å²) in [5.41, 5.74) is 0.248. The third-order valence-electron chi connectivity index (χ3n) is 4.58. The third-order valence-corrected chi connectivity index (χ3v) is 6.43. The van der Waals surface area contributed by atoms with Crippen molar-refractivity contribution in [1.29, 1.82) is 0 Å². The van der Waals surface area contributed by atoms with Crippen molar-refractivity contribution in [3.05, 3.63) is 41.1 Å². The van der Waals surface area contributed by atoms with Crippen LogP contribution in [0.3, 0.4) is 0 Å². The van der Waals surface area contributed by atoms with E-state index in [4.69, 9.17) is 0 Å². The molecule has 0 saturated carbocycles. The Hall–Kier alpha value is -2.79. The molecule has 0 unspecified atom stereocenters. The van der Waals surface area contributed by atoms with Crippen LogP contribution in [0, 0.1) is 0 Å². The molecule has 3 aromatic rings. The van der Waals surface area contributed by atoms with Gasteiger partial charge in [0.2, 0.25) is 21.5 Å². The number of anilines is 1. The quantitative estimate of drug-likeness (QED) is 0.658. The van der Waals surface area contributed by atoms with Crippen molar-refractivity contribution in [2.45, 2.75) is 23.8 Å². The molecule has 2 N–H and O–H groups in total. The van der Waals surface area contributed by atoms with Gasteiger partial charge in [0.05, 0.1) is 6.20 Å². The number of hydrogen-bond acceptors (Lipinski definition) is 7. The van der Waals surface area contributed by atoms with E-state index in [9.17, 15) is 13.2 Å². The summed E-state index contributed by atoms with van der Waals surface area (Å²) in [6.45, 7) is 0.804. The third kappa shape index (κ3) is 3.55. The summed E-state index contributed by atoms with van der Waals surface area (Å²) in [5.74, 6) is 0.415. The first-order valence-electron chi connectivity index (χ1n) is 8.53. The highest BCUT2D eigenvalue weighted by Crippen LogP contribution is 2.21. The number of fused-ring (bicyclic) bond motifs is 1. The van der Waals surface area contributed by atoms with Gasteiger partial charge < -0.3 is 10.3 Å². The summed E-state index contributed by atoms with van der Waals surface area (Å²) in [6, 6.07) is 3.15. The lowest BCUT2D eigenvalue weighted by atomic mass is 10.1. The molecule has 0 radical (unpaired) electrons. The van der Waals surface area contributed by atoms with E-state index in [1.807, 2.05) is 0 Å². The van der Waals surface area contributed by atoms with Gasteiger partial charge in [0, 0.05) is 50.0 Å². The Bertz CT molecular complexity index is 1130. The standard InChI is InChI=1S/C16H19N7O3S/c1-22-10-13(9-18-22)27(25,26)23-6-4-12(5-7-23)19-16-17-8-11-2-3-14(24)20-15(11)21-16/h2-3,8-10,12H,4-7H2,1H3,(H2,17,19,20,21,24). The Kier molecular flexibility index (Phi) is 4.40. The van der Waals surface area contributed by atoms with Gasteiger partial charge in [-0.3, -0.25) is 9.48 Å². The van der Waals surface area contributed by atoms with Crippen LogP contribution in [0.4, 0.5) is 5.95 Å². The molecular weight excluding hydrogens is 370 g/mol. The van der Waals surface area contributed by atoms with Gasteiger partial charge in [-0.1, -0.05) is 0 Å². The van der Waals surface area contributed by atoms with Crippen molar-refractivity contribution in [3.63, 3.8) is 0 Å². The lowest BCUT2D eigenvalue weighted by Crippen LogP contribution is -2.42. The molecule has 4 rings (SSSR count). The molecule has 10 nitrogen and oxygen atoms in total. The van der Waals surface area contributed by atoms with Crippen molar-refractivity contribution in [2.24, 2.45) is 7.05 Å². The second-order valence-electron chi connectivity index (χ2n) is 6.49. The predicted molar refractivity (Wildman–Crippen MR) is 98.8 cm³/mol. The van der Waals surface area contributed by atoms with E-state index in [0.29, 0.717) is 37.5 Å². The van der Waals surface area contributed by atoms with Crippen LogP contribution in [0.25, 0.3) is 11.0 Å². The number of hydrogen-bond donors (Lipinski definition) is 2. The molecule has 0 bridgehead atoms. The second kappa shape index (κ2) is 6.74. The number of nitrogens with zero attached hydrogens (tertiary/aromatic N) is 5. The van der Waals surface area contributed by atoms with Gasteiger partial charge in [-0.05, 0) is 18.9 Å². The SMILES string of the molecule is Cn1cc(S(=O)(=O)N2CCC(Nc3ncc4ccc(=O)[nH]c4n3)CC2)cn1. The van der Waals surface area contributed by atoms with Crippen LogP contribution >= 0.6 is 0 Å². The highest BCUT2D eigenvalue weighted by atomic mass is 32.2. The number of H-pyrrole nitrogens is 1. The Morgan fingerprint density at radius 1 is 1.22 bits per heavy atom. The molecule has 142 valence electrons. The minimum absolute atomic E-state index is 0.0539. The number of aromatic amines is 1. The summed E-state index contributed by atoms with van der Waals surface area (Å²) >= 11 is 0. The van der Waals surface area contributed by atoms with Crippen molar-refractivity contribution in [2.75, 3.05) is 18.4 Å². The van der Waals surface area contributed by atoms with Crippen LogP contribution < -0.4 is 10.9 Å². The number of piperidine rings is 1. The Balaban J connectivity index is 1.43.